The highest BCUT2D eigenvalue weighted by molar-refractivity contribution is 5.49. The molecule has 1 aliphatic heterocycles. The van der Waals surface area contributed by atoms with Gasteiger partial charge in [-0.05, 0) is 57.1 Å². The van der Waals surface area contributed by atoms with E-state index in [1.165, 1.54) is 57.1 Å². The number of nitrogens with one attached hydrogen (secondary N) is 1. The van der Waals surface area contributed by atoms with E-state index in [-0.39, 0.29) is 0 Å². The Hall–Kier alpha value is -1.25. The van der Waals surface area contributed by atoms with E-state index < -0.39 is 0 Å². The topological polar surface area (TPSA) is 28.2 Å². The molecule has 1 saturated heterocycles. The largest absolute Gasteiger partial charge is 0.381 e. The molecule has 2 aliphatic rings. The van der Waals surface area contributed by atoms with Gasteiger partial charge in [-0.25, -0.2) is 4.98 Å². The Balaban J connectivity index is 1.56. The molecule has 0 bridgehead atoms. The van der Waals surface area contributed by atoms with Crippen molar-refractivity contribution in [3.05, 3.63) is 18.3 Å². The summed E-state index contributed by atoms with van der Waals surface area (Å²) < 4.78 is 0. The van der Waals surface area contributed by atoms with Crippen LogP contribution in [0.25, 0.3) is 0 Å². The number of hydrogen-bond acceptors (Lipinski definition) is 3. The first-order valence-electron chi connectivity index (χ1n) is 8.80. The van der Waals surface area contributed by atoms with Crippen molar-refractivity contribution in [1.82, 2.24) is 4.98 Å². The van der Waals surface area contributed by atoms with E-state index in [0.717, 1.165) is 24.8 Å². The smallest absolute Gasteiger partial charge is 0.128 e. The SMILES string of the molecule is CC(Nc1ccc(N2CCCCC2)nc1)C1CCCCC1. The summed E-state index contributed by atoms with van der Waals surface area (Å²) in [6.45, 7) is 4.66. The first-order chi connectivity index (χ1) is 10.3. The molecule has 0 aromatic carbocycles. The molecule has 2 heterocycles. The fourth-order valence-corrected chi connectivity index (χ4v) is 3.80. The van der Waals surface area contributed by atoms with Gasteiger partial charge in [0.1, 0.15) is 5.82 Å². The highest BCUT2D eigenvalue weighted by atomic mass is 15.2. The standard InChI is InChI=1S/C18H29N3/c1-15(16-8-4-2-5-9-16)20-17-10-11-18(19-14-17)21-12-6-3-7-13-21/h10-11,14-16,20H,2-9,12-13H2,1H3. The second-order valence-electron chi connectivity index (χ2n) is 6.78. The maximum atomic E-state index is 4.66. The van der Waals surface area contributed by atoms with Gasteiger partial charge in [0.2, 0.25) is 0 Å². The normalized spacial score (nSPS) is 22.0. The number of nitrogens with zero attached hydrogens (tertiary/aromatic N) is 2. The van der Waals surface area contributed by atoms with Crippen molar-refractivity contribution in [2.45, 2.75) is 64.3 Å². The molecule has 3 heteroatoms. The third-order valence-corrected chi connectivity index (χ3v) is 5.18. The summed E-state index contributed by atoms with van der Waals surface area (Å²) in [7, 11) is 0. The average Bonchev–Trinajstić information content (AvgIpc) is 2.57. The van der Waals surface area contributed by atoms with Gasteiger partial charge in [-0.1, -0.05) is 19.3 Å². The summed E-state index contributed by atoms with van der Waals surface area (Å²) in [5, 5.41) is 3.66. The highest BCUT2D eigenvalue weighted by Gasteiger charge is 2.20. The molecule has 0 radical (unpaired) electrons. The first kappa shape index (κ1) is 14.7. The lowest BCUT2D eigenvalue weighted by Crippen LogP contribution is -2.30. The van der Waals surface area contributed by atoms with Gasteiger partial charge in [-0.2, -0.15) is 0 Å². The van der Waals surface area contributed by atoms with Gasteiger partial charge in [0.05, 0.1) is 11.9 Å². The van der Waals surface area contributed by atoms with Crippen LogP contribution in [-0.4, -0.2) is 24.1 Å². The molecule has 3 rings (SSSR count). The van der Waals surface area contributed by atoms with E-state index >= 15 is 0 Å². The van der Waals surface area contributed by atoms with E-state index in [1.807, 2.05) is 6.20 Å². The van der Waals surface area contributed by atoms with Crippen molar-refractivity contribution in [2.75, 3.05) is 23.3 Å². The molecular weight excluding hydrogens is 258 g/mol. The Morgan fingerprint density at radius 3 is 2.43 bits per heavy atom. The number of anilines is 2. The molecule has 0 spiro atoms. The van der Waals surface area contributed by atoms with Gasteiger partial charge < -0.3 is 10.2 Å². The molecular formula is C18H29N3. The zero-order valence-corrected chi connectivity index (χ0v) is 13.4. The van der Waals surface area contributed by atoms with Gasteiger partial charge >= 0.3 is 0 Å². The molecule has 116 valence electrons. The Morgan fingerprint density at radius 2 is 1.76 bits per heavy atom. The summed E-state index contributed by atoms with van der Waals surface area (Å²) in [5.74, 6) is 1.98. The van der Waals surface area contributed by atoms with E-state index in [2.05, 4.69) is 34.3 Å². The van der Waals surface area contributed by atoms with Crippen LogP contribution in [0, 0.1) is 5.92 Å². The molecule has 3 nitrogen and oxygen atoms in total. The van der Waals surface area contributed by atoms with Gasteiger partial charge in [0.25, 0.3) is 0 Å². The molecule has 1 aliphatic carbocycles. The van der Waals surface area contributed by atoms with Crippen LogP contribution in [0.1, 0.15) is 58.3 Å². The Kier molecular flexibility index (Phi) is 5.00. The fourth-order valence-electron chi connectivity index (χ4n) is 3.80. The number of piperidine rings is 1. The van der Waals surface area contributed by atoms with Crippen LogP contribution >= 0.6 is 0 Å². The fraction of sp³-hybridized carbons (Fsp3) is 0.722. The summed E-state index contributed by atoms with van der Waals surface area (Å²) in [6.07, 6.45) is 13.0. The number of pyridine rings is 1. The van der Waals surface area contributed by atoms with Gasteiger partial charge in [-0.15, -0.1) is 0 Å². The van der Waals surface area contributed by atoms with Crippen LogP contribution in [0.15, 0.2) is 18.3 Å². The van der Waals surface area contributed by atoms with Gasteiger partial charge in [0.15, 0.2) is 0 Å². The number of aromatic nitrogens is 1. The van der Waals surface area contributed by atoms with Crippen molar-refractivity contribution in [3.63, 3.8) is 0 Å². The monoisotopic (exact) mass is 287 g/mol. The molecule has 21 heavy (non-hydrogen) atoms. The van der Waals surface area contributed by atoms with E-state index in [0.29, 0.717) is 6.04 Å². The minimum Gasteiger partial charge on any atom is -0.381 e. The molecule has 1 aromatic heterocycles. The van der Waals surface area contributed by atoms with Crippen LogP contribution in [0.4, 0.5) is 11.5 Å². The molecule has 0 amide bonds. The predicted octanol–water partition coefficient (Wildman–Crippen LogP) is 4.45. The van der Waals surface area contributed by atoms with Crippen molar-refractivity contribution < 1.29 is 0 Å². The van der Waals surface area contributed by atoms with Crippen LogP contribution < -0.4 is 10.2 Å². The van der Waals surface area contributed by atoms with Gasteiger partial charge in [0, 0.05) is 19.1 Å². The molecule has 1 atom stereocenters. The Morgan fingerprint density at radius 1 is 1.05 bits per heavy atom. The van der Waals surface area contributed by atoms with Gasteiger partial charge in [-0.3, -0.25) is 0 Å². The summed E-state index contributed by atoms with van der Waals surface area (Å²) in [4.78, 5) is 7.08. The van der Waals surface area contributed by atoms with E-state index in [9.17, 15) is 0 Å². The molecule has 1 aromatic rings. The minimum absolute atomic E-state index is 0.563. The maximum Gasteiger partial charge on any atom is 0.128 e. The maximum absolute atomic E-state index is 4.66. The number of rotatable bonds is 4. The lowest BCUT2D eigenvalue weighted by molar-refractivity contribution is 0.328. The quantitative estimate of drug-likeness (QED) is 0.886. The predicted molar refractivity (Wildman–Crippen MR) is 90.0 cm³/mol. The number of hydrogen-bond donors (Lipinski definition) is 1. The van der Waals surface area contributed by atoms with Crippen LogP contribution in [0.5, 0.6) is 0 Å². The second kappa shape index (κ2) is 7.15. The summed E-state index contributed by atoms with van der Waals surface area (Å²) >= 11 is 0. The third kappa shape index (κ3) is 3.90. The minimum atomic E-state index is 0.563. The zero-order valence-electron chi connectivity index (χ0n) is 13.4. The van der Waals surface area contributed by atoms with Crippen LogP contribution in [-0.2, 0) is 0 Å². The molecule has 1 unspecified atom stereocenters. The molecule has 1 N–H and O–H groups in total. The highest BCUT2D eigenvalue weighted by Crippen LogP contribution is 2.28. The van der Waals surface area contributed by atoms with Crippen LogP contribution in [0.2, 0.25) is 0 Å². The molecule has 1 saturated carbocycles. The van der Waals surface area contributed by atoms with Crippen LogP contribution in [0.3, 0.4) is 0 Å². The first-order valence-corrected chi connectivity index (χ1v) is 8.80. The third-order valence-electron chi connectivity index (χ3n) is 5.18. The second-order valence-corrected chi connectivity index (χ2v) is 6.78. The lowest BCUT2D eigenvalue weighted by Gasteiger charge is -2.30. The van der Waals surface area contributed by atoms with E-state index in [4.69, 9.17) is 0 Å². The zero-order chi connectivity index (χ0) is 14.5. The average molecular weight is 287 g/mol. The summed E-state index contributed by atoms with van der Waals surface area (Å²) in [6, 6.07) is 4.95. The van der Waals surface area contributed by atoms with Crippen molar-refractivity contribution in [3.8, 4) is 0 Å². The van der Waals surface area contributed by atoms with E-state index in [1.54, 1.807) is 0 Å². The van der Waals surface area contributed by atoms with Crippen molar-refractivity contribution >= 4 is 11.5 Å². The molecule has 2 fully saturated rings. The lowest BCUT2D eigenvalue weighted by atomic mass is 9.84. The summed E-state index contributed by atoms with van der Waals surface area (Å²) in [5.41, 5.74) is 1.17. The Bertz CT molecular complexity index is 417. The van der Waals surface area contributed by atoms with Crippen molar-refractivity contribution in [2.24, 2.45) is 5.92 Å². The Labute approximate surface area is 129 Å². The van der Waals surface area contributed by atoms with Crippen molar-refractivity contribution in [1.29, 1.82) is 0 Å².